The number of nitrogens with zero attached hydrogens (tertiary/aromatic N) is 6. The molecule has 10 rings (SSSR count). The first-order valence-electron chi connectivity index (χ1n) is 25.5. The predicted octanol–water partition coefficient (Wildman–Crippen LogP) is 15.1. The Bertz CT molecular complexity index is 3190. The van der Waals surface area contributed by atoms with E-state index in [0.717, 1.165) is 115 Å². The quantitative estimate of drug-likeness (QED) is 0.152. The van der Waals surface area contributed by atoms with Crippen LogP contribution in [0.4, 0.5) is 22.7 Å². The lowest BCUT2D eigenvalue weighted by atomic mass is 9.65. The second-order valence-corrected chi connectivity index (χ2v) is 21.7. The summed E-state index contributed by atoms with van der Waals surface area (Å²) in [6, 6.07) is 42.5. The van der Waals surface area contributed by atoms with Crippen molar-refractivity contribution in [3.63, 3.8) is 0 Å². The summed E-state index contributed by atoms with van der Waals surface area (Å²) in [7, 11) is 0. The van der Waals surface area contributed by atoms with Crippen molar-refractivity contribution in [2.24, 2.45) is 28.6 Å². The van der Waals surface area contributed by atoms with Gasteiger partial charge < -0.3 is 19.3 Å². The van der Waals surface area contributed by atoms with Crippen LogP contribution in [-0.4, -0.2) is 13.1 Å². The molecule has 8 heteroatoms. The van der Waals surface area contributed by atoms with Gasteiger partial charge in [-0.25, -0.2) is 0 Å². The molecule has 0 radical (unpaired) electrons. The molecule has 0 N–H and O–H groups in total. The first kappa shape index (κ1) is 47.6. The standard InChI is InChI=1S/C64H60N6O2/c1-42-13-12-18-56-58(49(36-65)37-66)31-54(71-61(42)56)27-22-45-29-47-33-63(3,4)40-69-41-64(5,35-48(30-45)60(47)69)34-46-23-28-57-59(50(38-67)39-68)32-55(72-62(57)43(46)2)26-21-44-19-24-53(25-20-44)70(51-14-8-6-9-15-51)52-16-10-7-11-17-52/h6-11,14-17,19-22,24-27,29-32,42-43,46H,12-13,18,23,28,33-35,40-41H2,1-5H3/b26-21+,27-22+. The lowest BCUT2D eigenvalue weighted by Crippen LogP contribution is -2.50. The fourth-order valence-corrected chi connectivity index (χ4v) is 12.4. The largest absolute Gasteiger partial charge is 0.461 e. The molecule has 72 heavy (non-hydrogen) atoms. The fourth-order valence-electron chi connectivity index (χ4n) is 12.4. The van der Waals surface area contributed by atoms with E-state index in [1.54, 1.807) is 0 Å². The van der Waals surface area contributed by atoms with Crippen molar-refractivity contribution < 1.29 is 9.47 Å². The highest BCUT2D eigenvalue weighted by Gasteiger charge is 2.44. The van der Waals surface area contributed by atoms with Crippen molar-refractivity contribution in [2.75, 3.05) is 22.9 Å². The van der Waals surface area contributed by atoms with E-state index in [1.807, 2.05) is 42.5 Å². The molecule has 0 saturated heterocycles. The molecule has 0 saturated carbocycles. The van der Waals surface area contributed by atoms with Gasteiger partial charge in [0.1, 0.15) is 58.5 Å². The van der Waals surface area contributed by atoms with E-state index in [4.69, 9.17) is 9.47 Å². The molecule has 0 bridgehead atoms. The molecular formula is C64H60N6O2. The molecular weight excluding hydrogens is 885 g/mol. The van der Waals surface area contributed by atoms with Gasteiger partial charge in [0.05, 0.1) is 0 Å². The highest BCUT2D eigenvalue weighted by atomic mass is 16.5. The van der Waals surface area contributed by atoms with Crippen LogP contribution in [0.25, 0.3) is 12.2 Å². The number of anilines is 4. The van der Waals surface area contributed by atoms with E-state index in [9.17, 15) is 21.0 Å². The van der Waals surface area contributed by atoms with Gasteiger partial charge in [-0.15, -0.1) is 0 Å². The summed E-state index contributed by atoms with van der Waals surface area (Å²) in [6.45, 7) is 13.6. The summed E-state index contributed by atoms with van der Waals surface area (Å²) < 4.78 is 13.4. The Kier molecular flexibility index (Phi) is 13.0. The van der Waals surface area contributed by atoms with Crippen molar-refractivity contribution in [2.45, 2.75) is 86.0 Å². The SMILES string of the molecule is CC1CCCC2=C1OC(/C=C/c1cc3c4c(c1)CC(C)(CC1CCC5=C(OC(/C=C/c6ccc(N(c7ccccc7)c7ccccc7)cc6)=CC5=C(C#N)C#N)C1C)CN4CC(C)(C)C3)=CC2=C(C#N)C#N. The maximum atomic E-state index is 10.2. The third kappa shape index (κ3) is 9.47. The Hall–Kier alpha value is -8.04. The maximum absolute atomic E-state index is 10.2. The zero-order valence-corrected chi connectivity index (χ0v) is 42.0. The molecule has 4 aliphatic heterocycles. The molecule has 6 aliphatic rings. The van der Waals surface area contributed by atoms with E-state index in [2.05, 4.69) is 160 Å². The monoisotopic (exact) mass is 944 g/mol. The van der Waals surface area contributed by atoms with Crippen LogP contribution >= 0.6 is 0 Å². The normalized spacial score (nSPS) is 23.0. The minimum Gasteiger partial charge on any atom is -0.461 e. The number of rotatable bonds is 9. The molecule has 358 valence electrons. The highest BCUT2D eigenvalue weighted by molar-refractivity contribution is 5.77. The van der Waals surface area contributed by atoms with Gasteiger partial charge in [-0.05, 0) is 163 Å². The van der Waals surface area contributed by atoms with E-state index in [0.29, 0.717) is 28.6 Å². The van der Waals surface area contributed by atoms with E-state index in [-0.39, 0.29) is 33.8 Å². The number of para-hydroxylation sites is 2. The van der Waals surface area contributed by atoms with Gasteiger partial charge in [0.15, 0.2) is 0 Å². The average Bonchev–Trinajstić information content (AvgIpc) is 3.37. The third-order valence-corrected chi connectivity index (χ3v) is 15.6. The Morgan fingerprint density at radius 3 is 1.78 bits per heavy atom. The predicted molar refractivity (Wildman–Crippen MR) is 286 cm³/mol. The summed E-state index contributed by atoms with van der Waals surface area (Å²) in [5.41, 5.74) is 13.1. The Morgan fingerprint density at radius 2 is 1.18 bits per heavy atom. The van der Waals surface area contributed by atoms with Gasteiger partial charge in [0.25, 0.3) is 0 Å². The molecule has 0 spiro atoms. The van der Waals surface area contributed by atoms with Crippen LogP contribution in [0.15, 0.2) is 178 Å². The lowest BCUT2D eigenvalue weighted by Gasteiger charge is -2.51. The second kappa shape index (κ2) is 19.6. The van der Waals surface area contributed by atoms with Crippen LogP contribution in [-0.2, 0) is 22.3 Å². The fraction of sp³-hybridized carbons (Fsp3) is 0.312. The first-order chi connectivity index (χ1) is 34.9. The third-order valence-electron chi connectivity index (χ3n) is 15.6. The highest BCUT2D eigenvalue weighted by Crippen LogP contribution is 2.52. The van der Waals surface area contributed by atoms with Gasteiger partial charge in [-0.3, -0.25) is 0 Å². The summed E-state index contributed by atoms with van der Waals surface area (Å²) in [6.07, 6.45) is 19.3. The summed E-state index contributed by atoms with van der Waals surface area (Å²) in [5, 5.41) is 40.1. The van der Waals surface area contributed by atoms with Crippen molar-refractivity contribution in [1.82, 2.24) is 0 Å². The van der Waals surface area contributed by atoms with E-state index < -0.39 is 0 Å². The number of hydrogen-bond acceptors (Lipinski definition) is 8. The number of allylic oxidation sites excluding steroid dienone is 12. The zero-order valence-electron chi connectivity index (χ0n) is 42.0. The van der Waals surface area contributed by atoms with E-state index in [1.165, 1.54) is 16.8 Å². The van der Waals surface area contributed by atoms with Crippen molar-refractivity contribution >= 4 is 34.9 Å². The molecule has 4 aromatic rings. The van der Waals surface area contributed by atoms with Gasteiger partial charge in [-0.2, -0.15) is 21.0 Å². The first-order valence-corrected chi connectivity index (χ1v) is 25.5. The van der Waals surface area contributed by atoms with Crippen LogP contribution in [0, 0.1) is 73.9 Å². The summed E-state index contributed by atoms with van der Waals surface area (Å²) in [5.74, 6) is 3.62. The van der Waals surface area contributed by atoms with Crippen LogP contribution in [0.2, 0.25) is 0 Å². The van der Waals surface area contributed by atoms with E-state index >= 15 is 0 Å². The molecule has 8 nitrogen and oxygen atoms in total. The smallest absolute Gasteiger partial charge is 0.137 e. The van der Waals surface area contributed by atoms with Crippen LogP contribution < -0.4 is 9.80 Å². The number of hydrogen-bond donors (Lipinski definition) is 0. The minimum atomic E-state index is -0.0319. The van der Waals surface area contributed by atoms with Gasteiger partial charge in [-0.1, -0.05) is 95.3 Å². The Morgan fingerprint density at radius 1 is 0.639 bits per heavy atom. The molecule has 2 aliphatic carbocycles. The van der Waals surface area contributed by atoms with Gasteiger partial charge >= 0.3 is 0 Å². The molecule has 0 fully saturated rings. The second-order valence-electron chi connectivity index (χ2n) is 21.7. The topological polar surface area (TPSA) is 120 Å². The van der Waals surface area contributed by atoms with Crippen molar-refractivity contribution in [3.05, 3.63) is 200 Å². The molecule has 4 aromatic carbocycles. The zero-order chi connectivity index (χ0) is 50.1. The van der Waals surface area contributed by atoms with Crippen molar-refractivity contribution in [1.29, 1.82) is 21.0 Å². The van der Waals surface area contributed by atoms with Crippen LogP contribution in [0.3, 0.4) is 0 Å². The lowest BCUT2D eigenvalue weighted by molar-refractivity contribution is 0.142. The Balaban J connectivity index is 0.896. The molecule has 4 atom stereocenters. The Labute approximate surface area is 425 Å². The summed E-state index contributed by atoms with van der Waals surface area (Å²) in [4.78, 5) is 4.89. The van der Waals surface area contributed by atoms with Crippen LogP contribution in [0.1, 0.15) is 95.4 Å². The van der Waals surface area contributed by atoms with Crippen molar-refractivity contribution in [3.8, 4) is 24.3 Å². The van der Waals surface area contributed by atoms with Gasteiger partial charge in [0.2, 0.25) is 0 Å². The minimum absolute atomic E-state index is 0.0319. The molecule has 4 heterocycles. The molecule has 4 unspecified atom stereocenters. The maximum Gasteiger partial charge on any atom is 0.137 e. The average molecular weight is 945 g/mol. The van der Waals surface area contributed by atoms with Gasteiger partial charge in [0, 0.05) is 70.0 Å². The molecule has 0 amide bonds. The number of nitriles is 4. The summed E-state index contributed by atoms with van der Waals surface area (Å²) >= 11 is 0. The number of benzene rings is 4. The number of ether oxygens (including phenoxy) is 2. The molecule has 0 aromatic heterocycles. The van der Waals surface area contributed by atoms with Crippen LogP contribution in [0.5, 0.6) is 0 Å².